The molecule has 1 fully saturated rings. The molecule has 1 aliphatic rings. The van der Waals surface area contributed by atoms with Gasteiger partial charge in [0, 0.05) is 25.8 Å². The molecule has 4 N–H and O–H groups in total. The molecule has 1 heterocycles. The SMILES string of the molecule is C=C1CNC1.CC#N.CCSO.O. The summed E-state index contributed by atoms with van der Waals surface area (Å²) in [6, 6.07) is 1.75. The lowest BCUT2D eigenvalue weighted by Crippen LogP contribution is -2.32. The van der Waals surface area contributed by atoms with Crippen molar-refractivity contribution in [3.63, 3.8) is 0 Å². The van der Waals surface area contributed by atoms with Gasteiger partial charge < -0.3 is 15.3 Å². The topological polar surface area (TPSA) is 87.5 Å². The Morgan fingerprint density at radius 1 is 1.69 bits per heavy atom. The lowest BCUT2D eigenvalue weighted by molar-refractivity contribution is 0.665. The minimum Gasteiger partial charge on any atom is -0.412 e. The van der Waals surface area contributed by atoms with E-state index in [-0.39, 0.29) is 5.48 Å². The maximum Gasteiger partial charge on any atom is 0.0587 e. The molecule has 0 bridgehead atoms. The maximum atomic E-state index is 7.79. The second-order valence-corrected chi connectivity index (χ2v) is 2.83. The minimum atomic E-state index is 0. The summed E-state index contributed by atoms with van der Waals surface area (Å²) in [7, 11) is 0. The Morgan fingerprint density at radius 2 is 1.92 bits per heavy atom. The van der Waals surface area contributed by atoms with E-state index in [1.54, 1.807) is 6.07 Å². The fourth-order valence-electron chi connectivity index (χ4n) is 0.302. The van der Waals surface area contributed by atoms with Crippen molar-refractivity contribution in [3.05, 3.63) is 12.2 Å². The first-order valence-electron chi connectivity index (χ1n) is 3.67. The van der Waals surface area contributed by atoms with Crippen LogP contribution in [0.1, 0.15) is 13.8 Å². The molecule has 0 amide bonds. The molecule has 5 heteroatoms. The molecule has 0 radical (unpaired) electrons. The molecule has 0 aromatic heterocycles. The molecule has 4 nitrogen and oxygen atoms in total. The summed E-state index contributed by atoms with van der Waals surface area (Å²) >= 11 is 0.856. The molecule has 0 saturated carbocycles. The highest BCUT2D eigenvalue weighted by atomic mass is 32.2. The highest BCUT2D eigenvalue weighted by Crippen LogP contribution is 1.92. The van der Waals surface area contributed by atoms with Gasteiger partial charge in [0.1, 0.15) is 0 Å². The van der Waals surface area contributed by atoms with Crippen molar-refractivity contribution >= 4 is 12.0 Å². The third kappa shape index (κ3) is 24.6. The monoisotopic (exact) mass is 206 g/mol. The highest BCUT2D eigenvalue weighted by molar-refractivity contribution is 7.93. The van der Waals surface area contributed by atoms with E-state index in [9.17, 15) is 0 Å². The predicted octanol–water partition coefficient (Wildman–Crippen LogP) is 1.06. The first-order valence-corrected chi connectivity index (χ1v) is 4.61. The van der Waals surface area contributed by atoms with Gasteiger partial charge in [0.2, 0.25) is 0 Å². The molecule has 1 rings (SSSR count). The molecular formula is C8H18N2O2S. The molecule has 0 spiro atoms. The average molecular weight is 206 g/mol. The van der Waals surface area contributed by atoms with Crippen LogP contribution < -0.4 is 5.32 Å². The van der Waals surface area contributed by atoms with Gasteiger partial charge in [-0.15, -0.1) is 0 Å². The fourth-order valence-corrected chi connectivity index (χ4v) is 0.302. The second kappa shape index (κ2) is 17.5. The molecule has 0 aromatic rings. The molecular weight excluding hydrogens is 188 g/mol. The number of hydrogen-bond acceptors (Lipinski definition) is 4. The van der Waals surface area contributed by atoms with E-state index in [1.165, 1.54) is 12.5 Å². The Labute approximate surface area is 84.2 Å². The van der Waals surface area contributed by atoms with Crippen LogP contribution in [0.4, 0.5) is 0 Å². The van der Waals surface area contributed by atoms with Gasteiger partial charge in [0.15, 0.2) is 0 Å². The Hall–Kier alpha value is -0.540. The van der Waals surface area contributed by atoms with Crippen LogP contribution in [0.15, 0.2) is 12.2 Å². The van der Waals surface area contributed by atoms with Crippen LogP contribution in [0.25, 0.3) is 0 Å². The highest BCUT2D eigenvalue weighted by Gasteiger charge is 2.00. The number of nitrogens with zero attached hydrogens (tertiary/aromatic N) is 1. The van der Waals surface area contributed by atoms with Crippen molar-refractivity contribution in [3.8, 4) is 6.07 Å². The smallest absolute Gasteiger partial charge is 0.0587 e. The summed E-state index contributed by atoms with van der Waals surface area (Å²) in [6.07, 6.45) is 0. The molecule has 78 valence electrons. The van der Waals surface area contributed by atoms with Crippen molar-refractivity contribution in [1.29, 1.82) is 5.26 Å². The predicted molar refractivity (Wildman–Crippen MR) is 57.7 cm³/mol. The van der Waals surface area contributed by atoms with Crippen molar-refractivity contribution in [1.82, 2.24) is 5.32 Å². The van der Waals surface area contributed by atoms with Crippen LogP contribution in [0.2, 0.25) is 0 Å². The van der Waals surface area contributed by atoms with Crippen LogP contribution in [0.3, 0.4) is 0 Å². The summed E-state index contributed by atoms with van der Waals surface area (Å²) in [5.74, 6) is 0.792. The van der Waals surface area contributed by atoms with Gasteiger partial charge in [0.05, 0.1) is 6.07 Å². The minimum absolute atomic E-state index is 0. The van der Waals surface area contributed by atoms with E-state index >= 15 is 0 Å². The number of nitrogens with one attached hydrogen (secondary N) is 1. The summed E-state index contributed by atoms with van der Waals surface area (Å²) < 4.78 is 7.79. The van der Waals surface area contributed by atoms with E-state index in [1.807, 2.05) is 6.92 Å². The Morgan fingerprint density at radius 3 is 1.92 bits per heavy atom. The lowest BCUT2D eigenvalue weighted by Gasteiger charge is -2.15. The fraction of sp³-hybridized carbons (Fsp3) is 0.625. The summed E-state index contributed by atoms with van der Waals surface area (Å²) in [4.78, 5) is 0. The van der Waals surface area contributed by atoms with Gasteiger partial charge >= 0.3 is 0 Å². The second-order valence-electron chi connectivity index (χ2n) is 1.99. The maximum absolute atomic E-state index is 7.79. The van der Waals surface area contributed by atoms with Crippen LogP contribution in [-0.4, -0.2) is 28.9 Å². The van der Waals surface area contributed by atoms with E-state index in [0.717, 1.165) is 30.9 Å². The van der Waals surface area contributed by atoms with E-state index in [2.05, 4.69) is 11.9 Å². The van der Waals surface area contributed by atoms with Gasteiger partial charge in [-0.2, -0.15) is 5.26 Å². The van der Waals surface area contributed by atoms with Crippen LogP contribution in [0.5, 0.6) is 0 Å². The van der Waals surface area contributed by atoms with Crippen molar-refractivity contribution in [2.24, 2.45) is 0 Å². The van der Waals surface area contributed by atoms with Gasteiger partial charge in [-0.05, 0) is 17.6 Å². The normalized spacial score (nSPS) is 11.4. The standard InChI is InChI=1S/C4H7N.C2H3N.C2H6OS.H2O/c1-4-2-5-3-4;1-2-3;1-2-4-3;/h5H,1-3H2;1H3;3H,2H2,1H3;1H2. The molecule has 0 aromatic carbocycles. The lowest BCUT2D eigenvalue weighted by atomic mass is 10.2. The molecule has 13 heavy (non-hydrogen) atoms. The zero-order chi connectivity index (χ0) is 9.82. The third-order valence-electron chi connectivity index (χ3n) is 0.879. The van der Waals surface area contributed by atoms with E-state index < -0.39 is 0 Å². The van der Waals surface area contributed by atoms with Crippen LogP contribution in [-0.2, 0) is 0 Å². The number of rotatable bonds is 1. The zero-order valence-corrected chi connectivity index (χ0v) is 8.95. The van der Waals surface area contributed by atoms with Crippen molar-refractivity contribution in [2.75, 3.05) is 18.8 Å². The summed E-state index contributed by atoms with van der Waals surface area (Å²) in [5, 5.41) is 10.4. The van der Waals surface area contributed by atoms with Crippen LogP contribution in [0, 0.1) is 11.3 Å². The Bertz CT molecular complexity index is 138. The molecule has 0 aliphatic carbocycles. The van der Waals surface area contributed by atoms with Crippen LogP contribution >= 0.6 is 12.0 Å². The van der Waals surface area contributed by atoms with Crippen molar-refractivity contribution < 1.29 is 10.0 Å². The molecule has 0 unspecified atom stereocenters. The van der Waals surface area contributed by atoms with Gasteiger partial charge in [-0.1, -0.05) is 13.5 Å². The van der Waals surface area contributed by atoms with Gasteiger partial charge in [-0.3, -0.25) is 0 Å². The number of hydrogen-bond donors (Lipinski definition) is 2. The quantitative estimate of drug-likeness (QED) is 0.496. The van der Waals surface area contributed by atoms with E-state index in [0.29, 0.717) is 0 Å². The average Bonchev–Trinajstić information content (AvgIpc) is 2.03. The largest absolute Gasteiger partial charge is 0.412 e. The Kier molecular flexibility index (Phi) is 24.6. The third-order valence-corrected chi connectivity index (χ3v) is 1.14. The number of nitriles is 1. The van der Waals surface area contributed by atoms with Gasteiger partial charge in [-0.25, -0.2) is 0 Å². The Balaban J connectivity index is -0.000000116. The molecule has 1 aliphatic heterocycles. The van der Waals surface area contributed by atoms with Crippen molar-refractivity contribution in [2.45, 2.75) is 13.8 Å². The molecule has 0 atom stereocenters. The van der Waals surface area contributed by atoms with Gasteiger partial charge in [0.25, 0.3) is 0 Å². The first kappa shape index (κ1) is 18.3. The molecule has 1 saturated heterocycles. The first-order chi connectivity index (χ1) is 5.72. The summed E-state index contributed by atoms with van der Waals surface area (Å²) in [6.45, 7) is 9.11. The zero-order valence-electron chi connectivity index (χ0n) is 8.13. The summed E-state index contributed by atoms with van der Waals surface area (Å²) in [5.41, 5.74) is 1.32. The van der Waals surface area contributed by atoms with E-state index in [4.69, 9.17) is 9.81 Å².